The summed E-state index contributed by atoms with van der Waals surface area (Å²) in [4.78, 5) is 14.8. The number of aromatic carboxylic acids is 1. The van der Waals surface area contributed by atoms with Crippen LogP contribution in [0, 0.1) is 0 Å². The lowest BCUT2D eigenvalue weighted by Gasteiger charge is -2.25. The van der Waals surface area contributed by atoms with E-state index in [1.807, 2.05) is 0 Å². The molecule has 0 aliphatic carbocycles. The van der Waals surface area contributed by atoms with E-state index in [0.717, 1.165) is 0 Å². The van der Waals surface area contributed by atoms with E-state index in [-0.39, 0.29) is 12.7 Å². The highest BCUT2D eigenvalue weighted by Crippen LogP contribution is 2.43. The number of nitrogens with zero attached hydrogens (tertiary/aromatic N) is 3. The Kier molecular flexibility index (Phi) is 3.44. The van der Waals surface area contributed by atoms with E-state index in [9.17, 15) is 22.4 Å². The van der Waals surface area contributed by atoms with Gasteiger partial charge in [-0.05, 0) is 19.1 Å². The number of aromatic nitrogens is 3. The van der Waals surface area contributed by atoms with Crippen molar-refractivity contribution in [2.75, 3.05) is 0 Å². The second kappa shape index (κ2) is 4.83. The molecular weight excluding hydrogens is 294 g/mol. The van der Waals surface area contributed by atoms with Gasteiger partial charge in [-0.1, -0.05) is 6.07 Å². The SMILES string of the molecule is CC(F)(c1c(C(=O)O)cnn1-c1ccccn1)C(F)(F)F. The minimum absolute atomic E-state index is 0.117. The summed E-state index contributed by atoms with van der Waals surface area (Å²) in [5.74, 6) is -1.83. The van der Waals surface area contributed by atoms with Crippen molar-refractivity contribution < 1.29 is 27.5 Å². The molecule has 1 N–H and O–H groups in total. The lowest BCUT2D eigenvalue weighted by atomic mass is 9.99. The summed E-state index contributed by atoms with van der Waals surface area (Å²) in [6.07, 6.45) is -3.37. The van der Waals surface area contributed by atoms with Crippen LogP contribution in [-0.4, -0.2) is 32.0 Å². The van der Waals surface area contributed by atoms with Gasteiger partial charge in [-0.25, -0.2) is 18.9 Å². The molecule has 0 radical (unpaired) electrons. The number of hydrogen-bond donors (Lipinski definition) is 1. The van der Waals surface area contributed by atoms with Crippen LogP contribution in [0.5, 0.6) is 0 Å². The van der Waals surface area contributed by atoms with Crippen molar-refractivity contribution >= 4 is 5.97 Å². The van der Waals surface area contributed by atoms with Crippen molar-refractivity contribution in [1.29, 1.82) is 0 Å². The zero-order valence-electron chi connectivity index (χ0n) is 10.6. The van der Waals surface area contributed by atoms with Gasteiger partial charge in [0.25, 0.3) is 0 Å². The van der Waals surface area contributed by atoms with Crippen LogP contribution in [0.1, 0.15) is 23.0 Å². The summed E-state index contributed by atoms with van der Waals surface area (Å²) in [7, 11) is 0. The van der Waals surface area contributed by atoms with Gasteiger partial charge < -0.3 is 5.11 Å². The van der Waals surface area contributed by atoms with Gasteiger partial charge in [0.2, 0.25) is 5.67 Å². The summed E-state index contributed by atoms with van der Waals surface area (Å²) in [6, 6.07) is 4.25. The summed E-state index contributed by atoms with van der Waals surface area (Å²) in [5, 5.41) is 12.5. The van der Waals surface area contributed by atoms with Crippen molar-refractivity contribution in [1.82, 2.24) is 14.8 Å². The van der Waals surface area contributed by atoms with Gasteiger partial charge in [0.15, 0.2) is 5.82 Å². The number of alkyl halides is 4. The Morgan fingerprint density at radius 2 is 1.95 bits per heavy atom. The quantitative estimate of drug-likeness (QED) is 0.885. The van der Waals surface area contributed by atoms with Crippen LogP contribution < -0.4 is 0 Å². The topological polar surface area (TPSA) is 68.0 Å². The first-order valence-electron chi connectivity index (χ1n) is 5.65. The minimum atomic E-state index is -5.30. The molecule has 0 bridgehead atoms. The fourth-order valence-electron chi connectivity index (χ4n) is 1.74. The predicted octanol–water partition coefficient (Wildman–Crippen LogP) is 2.71. The zero-order chi connectivity index (χ0) is 15.8. The van der Waals surface area contributed by atoms with E-state index in [2.05, 4.69) is 10.1 Å². The molecule has 0 aliphatic rings. The molecule has 0 aliphatic heterocycles. The molecule has 9 heteroatoms. The van der Waals surface area contributed by atoms with Crippen molar-refractivity contribution in [2.24, 2.45) is 0 Å². The third-order valence-electron chi connectivity index (χ3n) is 2.84. The Bertz CT molecular complexity index is 665. The average molecular weight is 303 g/mol. The van der Waals surface area contributed by atoms with Crippen LogP contribution in [0.4, 0.5) is 17.6 Å². The molecule has 1 unspecified atom stereocenters. The molecule has 0 spiro atoms. The highest BCUT2D eigenvalue weighted by Gasteiger charge is 2.57. The molecule has 2 aromatic rings. The van der Waals surface area contributed by atoms with Gasteiger partial charge >= 0.3 is 12.1 Å². The second-order valence-corrected chi connectivity index (χ2v) is 4.31. The molecule has 2 aromatic heterocycles. The Morgan fingerprint density at radius 3 is 2.43 bits per heavy atom. The number of rotatable bonds is 3. The number of halogens is 4. The Hall–Kier alpha value is -2.45. The van der Waals surface area contributed by atoms with E-state index >= 15 is 0 Å². The highest BCUT2D eigenvalue weighted by atomic mass is 19.4. The first-order valence-corrected chi connectivity index (χ1v) is 5.65. The monoisotopic (exact) mass is 303 g/mol. The third-order valence-corrected chi connectivity index (χ3v) is 2.84. The number of carboxylic acids is 1. The van der Waals surface area contributed by atoms with Gasteiger partial charge in [0.05, 0.1) is 6.20 Å². The molecule has 112 valence electrons. The van der Waals surface area contributed by atoms with Crippen LogP contribution in [0.2, 0.25) is 0 Å². The number of carbonyl (C=O) groups is 1. The van der Waals surface area contributed by atoms with Gasteiger partial charge in [-0.2, -0.15) is 18.3 Å². The molecule has 2 heterocycles. The Balaban J connectivity index is 2.73. The molecule has 0 saturated carbocycles. The molecule has 0 saturated heterocycles. The van der Waals surface area contributed by atoms with E-state index in [1.165, 1.54) is 24.4 Å². The zero-order valence-corrected chi connectivity index (χ0v) is 10.6. The summed E-state index contributed by atoms with van der Waals surface area (Å²) < 4.78 is 53.5. The predicted molar refractivity (Wildman–Crippen MR) is 62.8 cm³/mol. The largest absolute Gasteiger partial charge is 0.478 e. The van der Waals surface area contributed by atoms with E-state index in [1.54, 1.807) is 0 Å². The van der Waals surface area contributed by atoms with Crippen molar-refractivity contribution in [3.63, 3.8) is 0 Å². The summed E-state index contributed by atoms with van der Waals surface area (Å²) >= 11 is 0. The minimum Gasteiger partial charge on any atom is -0.478 e. The molecular formula is C12H9F4N3O2. The van der Waals surface area contributed by atoms with E-state index in [0.29, 0.717) is 10.9 Å². The molecule has 0 amide bonds. The molecule has 2 rings (SSSR count). The second-order valence-electron chi connectivity index (χ2n) is 4.31. The molecule has 0 aromatic carbocycles. The highest BCUT2D eigenvalue weighted by molar-refractivity contribution is 5.89. The van der Waals surface area contributed by atoms with Crippen LogP contribution in [-0.2, 0) is 5.67 Å². The number of hydrogen-bond acceptors (Lipinski definition) is 3. The first-order chi connectivity index (χ1) is 9.66. The van der Waals surface area contributed by atoms with Crippen molar-refractivity contribution in [3.05, 3.63) is 41.9 Å². The lowest BCUT2D eigenvalue weighted by molar-refractivity contribution is -0.230. The van der Waals surface area contributed by atoms with Gasteiger partial charge in [-0.15, -0.1) is 0 Å². The van der Waals surface area contributed by atoms with Gasteiger partial charge in [-0.3, -0.25) is 0 Å². The standard InChI is InChI=1S/C12H9F4N3O2/c1-11(13,12(14,15)16)9-7(10(20)21)6-18-19(9)8-4-2-3-5-17-8/h2-6H,1H3,(H,20,21). The maximum atomic E-state index is 14.3. The summed E-state index contributed by atoms with van der Waals surface area (Å²) in [6.45, 7) is 0.246. The van der Waals surface area contributed by atoms with Gasteiger partial charge in [0.1, 0.15) is 11.3 Å². The van der Waals surface area contributed by atoms with Crippen molar-refractivity contribution in [2.45, 2.75) is 18.8 Å². The van der Waals surface area contributed by atoms with Crippen LogP contribution in [0.3, 0.4) is 0 Å². The third kappa shape index (κ3) is 2.46. The van der Waals surface area contributed by atoms with Crippen LogP contribution in [0.25, 0.3) is 5.82 Å². The van der Waals surface area contributed by atoms with Crippen LogP contribution >= 0.6 is 0 Å². The Labute approximate surface area is 115 Å². The smallest absolute Gasteiger partial charge is 0.428 e. The van der Waals surface area contributed by atoms with Gasteiger partial charge in [0, 0.05) is 6.20 Å². The molecule has 1 atom stereocenters. The number of pyridine rings is 1. The maximum Gasteiger partial charge on any atom is 0.428 e. The lowest BCUT2D eigenvalue weighted by Crippen LogP contribution is -2.38. The van der Waals surface area contributed by atoms with Crippen molar-refractivity contribution in [3.8, 4) is 5.82 Å². The normalized spacial score (nSPS) is 14.7. The fourth-order valence-corrected chi connectivity index (χ4v) is 1.74. The number of carboxylic acid groups (broad SMARTS) is 1. The molecule has 0 fully saturated rings. The first kappa shape index (κ1) is 14.9. The Morgan fingerprint density at radius 1 is 1.29 bits per heavy atom. The molecule has 5 nitrogen and oxygen atoms in total. The maximum absolute atomic E-state index is 14.3. The van der Waals surface area contributed by atoms with E-state index in [4.69, 9.17) is 5.11 Å². The van der Waals surface area contributed by atoms with Crippen LogP contribution in [0.15, 0.2) is 30.6 Å². The van der Waals surface area contributed by atoms with E-state index < -0.39 is 29.1 Å². The molecule has 21 heavy (non-hydrogen) atoms. The summed E-state index contributed by atoms with van der Waals surface area (Å²) in [5.41, 5.74) is -5.89. The fraction of sp³-hybridized carbons (Fsp3) is 0.250. The average Bonchev–Trinajstić information content (AvgIpc) is 2.83.